The zero-order chi connectivity index (χ0) is 34.4. The maximum Gasteiger partial charge on any atom is 0.341 e. The number of nitrogens with one attached hydrogen (secondary N) is 2. The summed E-state index contributed by atoms with van der Waals surface area (Å²) < 4.78 is 20.2. The van der Waals surface area contributed by atoms with Gasteiger partial charge in [0.15, 0.2) is 0 Å². The van der Waals surface area contributed by atoms with Crippen molar-refractivity contribution in [3.05, 3.63) is 35.4 Å². The van der Waals surface area contributed by atoms with Gasteiger partial charge in [-0.2, -0.15) is 0 Å². The normalized spacial score (nSPS) is 22.7. The fourth-order valence-corrected chi connectivity index (χ4v) is 7.67. The minimum absolute atomic E-state index is 0. The summed E-state index contributed by atoms with van der Waals surface area (Å²) in [5.41, 5.74) is 16.3. The molecule has 2 fully saturated rings. The van der Waals surface area contributed by atoms with Gasteiger partial charge in [-0.1, -0.05) is 49.0 Å². The average Bonchev–Trinajstić information content (AvgIpc) is 2.96. The Morgan fingerprint density at radius 3 is 1.28 bits per heavy atom. The quantitative estimate of drug-likeness (QED) is 0.163. The average molecular weight is 657 g/mol. The van der Waals surface area contributed by atoms with Gasteiger partial charge in [0.1, 0.15) is 22.6 Å². The third kappa shape index (κ3) is 10.6. The van der Waals surface area contributed by atoms with Crippen LogP contribution in [-0.4, -0.2) is 52.5 Å². The molecule has 4 atom stereocenters. The molecule has 264 valence electrons. The van der Waals surface area contributed by atoms with Crippen molar-refractivity contribution in [2.45, 2.75) is 99.6 Å². The lowest BCUT2D eigenvalue weighted by molar-refractivity contribution is 0.0588. The molecule has 0 aliphatic heterocycles. The monoisotopic (exact) mass is 656 g/mol. The van der Waals surface area contributed by atoms with Crippen molar-refractivity contribution in [2.75, 3.05) is 50.5 Å². The highest BCUT2D eigenvalue weighted by Crippen LogP contribution is 2.42. The molecule has 2 aliphatic carbocycles. The van der Waals surface area contributed by atoms with Crippen LogP contribution in [0.1, 0.15) is 108 Å². The summed E-state index contributed by atoms with van der Waals surface area (Å²) in [5, 5.41) is 7.07. The van der Waals surface area contributed by atoms with E-state index in [2.05, 4.69) is 52.2 Å². The number of nitrogens with two attached hydrogens (primary N) is 2. The Morgan fingerprint density at radius 2 is 1.00 bits per heavy atom. The first-order valence-corrected chi connectivity index (χ1v) is 16.2. The van der Waals surface area contributed by atoms with Crippen molar-refractivity contribution in [3.63, 3.8) is 0 Å². The summed E-state index contributed by atoms with van der Waals surface area (Å²) in [6.07, 6.45) is 6.90. The summed E-state index contributed by atoms with van der Waals surface area (Å²) in [6.45, 7) is 13.8. The molecular weight excluding hydrogens is 596 g/mol. The summed E-state index contributed by atoms with van der Waals surface area (Å²) in [4.78, 5) is 23.6. The predicted octanol–water partition coefficient (Wildman–Crippen LogP) is 8.02. The second-order valence-electron chi connectivity index (χ2n) is 14.8. The van der Waals surface area contributed by atoms with Crippen LogP contribution < -0.4 is 31.6 Å². The van der Waals surface area contributed by atoms with Gasteiger partial charge in [-0.05, 0) is 73.3 Å². The van der Waals surface area contributed by atoms with E-state index in [4.69, 9.17) is 30.4 Å². The lowest BCUT2D eigenvalue weighted by atomic mass is 9.70. The number of ether oxygens (including phenoxy) is 4. The smallest absolute Gasteiger partial charge is 0.341 e. The van der Waals surface area contributed by atoms with E-state index >= 15 is 0 Å². The van der Waals surface area contributed by atoms with Crippen molar-refractivity contribution >= 4 is 34.7 Å². The van der Waals surface area contributed by atoms with Crippen LogP contribution in [0.25, 0.3) is 0 Å². The van der Waals surface area contributed by atoms with E-state index in [-0.39, 0.29) is 7.43 Å². The van der Waals surface area contributed by atoms with Crippen LogP contribution in [0, 0.1) is 22.7 Å². The molecule has 0 heterocycles. The molecule has 2 saturated carbocycles. The second kappa shape index (κ2) is 16.3. The molecule has 0 unspecified atom stereocenters. The standard InChI is InChI=1S/2C18H28N2O3.CH4/c2*1-11-6-12(10-18(2,3)9-11)20-15-8-16(22-4)13(7-14(15)19)17(21)23-5;/h2*7-8,11-12,20H,6,9-10,19H2,1-5H3;1H4/t2*11-,12+;/m10./s1. The van der Waals surface area contributed by atoms with Gasteiger partial charge in [-0.3, -0.25) is 0 Å². The van der Waals surface area contributed by atoms with E-state index < -0.39 is 11.9 Å². The Hall–Kier alpha value is -3.82. The van der Waals surface area contributed by atoms with Gasteiger partial charge in [0.05, 0.1) is 51.2 Å². The van der Waals surface area contributed by atoms with E-state index in [9.17, 15) is 9.59 Å². The molecule has 2 aromatic carbocycles. The van der Waals surface area contributed by atoms with Gasteiger partial charge in [0, 0.05) is 24.2 Å². The minimum Gasteiger partial charge on any atom is -0.496 e. The molecule has 10 heteroatoms. The number of carbonyl (C=O) groups excluding carboxylic acids is 2. The van der Waals surface area contributed by atoms with E-state index in [1.807, 2.05) is 0 Å². The van der Waals surface area contributed by atoms with Crippen LogP contribution in [0.15, 0.2) is 24.3 Å². The zero-order valence-corrected chi connectivity index (χ0v) is 29.5. The fourth-order valence-electron chi connectivity index (χ4n) is 7.67. The molecule has 0 radical (unpaired) electrons. The van der Waals surface area contributed by atoms with E-state index in [1.54, 1.807) is 24.3 Å². The number of rotatable bonds is 8. The summed E-state index contributed by atoms with van der Waals surface area (Å²) in [7, 11) is 5.76. The van der Waals surface area contributed by atoms with E-state index in [0.29, 0.717) is 68.8 Å². The van der Waals surface area contributed by atoms with Crippen molar-refractivity contribution in [2.24, 2.45) is 22.7 Å². The molecule has 6 N–H and O–H groups in total. The molecule has 10 nitrogen and oxygen atoms in total. The summed E-state index contributed by atoms with van der Waals surface area (Å²) in [5.74, 6) is 1.39. The first-order valence-electron chi connectivity index (χ1n) is 16.2. The molecule has 2 aliphatic rings. The minimum atomic E-state index is -0.451. The van der Waals surface area contributed by atoms with Gasteiger partial charge in [0.25, 0.3) is 0 Å². The fraction of sp³-hybridized carbons (Fsp3) is 0.622. The molecule has 4 rings (SSSR count). The number of anilines is 4. The highest BCUT2D eigenvalue weighted by molar-refractivity contribution is 5.96. The van der Waals surface area contributed by atoms with E-state index in [0.717, 1.165) is 37.1 Å². The Labute approximate surface area is 282 Å². The predicted molar refractivity (Wildman–Crippen MR) is 193 cm³/mol. The van der Waals surface area contributed by atoms with Crippen LogP contribution in [0.4, 0.5) is 22.7 Å². The maximum atomic E-state index is 11.8. The van der Waals surface area contributed by atoms with Crippen LogP contribution in [0.2, 0.25) is 0 Å². The van der Waals surface area contributed by atoms with Crippen molar-refractivity contribution in [1.29, 1.82) is 0 Å². The van der Waals surface area contributed by atoms with Crippen LogP contribution in [-0.2, 0) is 9.47 Å². The zero-order valence-electron chi connectivity index (χ0n) is 29.5. The van der Waals surface area contributed by atoms with Gasteiger partial charge in [-0.15, -0.1) is 0 Å². The summed E-state index contributed by atoms with van der Waals surface area (Å²) in [6, 6.07) is 7.53. The Balaban J connectivity index is 0.000000320. The number of hydrogen-bond acceptors (Lipinski definition) is 10. The highest BCUT2D eigenvalue weighted by atomic mass is 16.5. The Kier molecular flexibility index (Phi) is 13.7. The van der Waals surface area contributed by atoms with Crippen molar-refractivity contribution < 1.29 is 28.5 Å². The third-order valence-electron chi connectivity index (χ3n) is 9.05. The van der Waals surface area contributed by atoms with Crippen LogP contribution >= 0.6 is 0 Å². The van der Waals surface area contributed by atoms with Crippen molar-refractivity contribution in [1.82, 2.24) is 0 Å². The van der Waals surface area contributed by atoms with Gasteiger partial charge >= 0.3 is 11.9 Å². The number of nitrogen functional groups attached to an aromatic ring is 2. The molecule has 0 amide bonds. The lowest BCUT2D eigenvalue weighted by Gasteiger charge is -2.39. The SMILES string of the molecule is C.COC(=O)c1cc(N)c(N[C@@H]2C[C@H](C)CC(C)(C)C2)cc1OC.COC(=O)c1cc(N)c(N[C@H]2C[C@@H](C)CC(C)(C)C2)cc1OC. The molecule has 0 aromatic heterocycles. The Morgan fingerprint density at radius 1 is 0.660 bits per heavy atom. The van der Waals surface area contributed by atoms with Gasteiger partial charge in [-0.25, -0.2) is 9.59 Å². The highest BCUT2D eigenvalue weighted by Gasteiger charge is 2.33. The number of hydrogen-bond donors (Lipinski definition) is 4. The molecule has 2 aromatic rings. The molecule has 0 bridgehead atoms. The largest absolute Gasteiger partial charge is 0.496 e. The maximum absolute atomic E-state index is 11.8. The Bertz CT molecular complexity index is 1270. The first kappa shape index (κ1) is 39.4. The molecule has 0 spiro atoms. The number of benzene rings is 2. The van der Waals surface area contributed by atoms with Gasteiger partial charge < -0.3 is 41.0 Å². The van der Waals surface area contributed by atoms with Crippen molar-refractivity contribution in [3.8, 4) is 11.5 Å². The van der Waals surface area contributed by atoms with Crippen LogP contribution in [0.5, 0.6) is 11.5 Å². The number of esters is 2. The first-order chi connectivity index (χ1) is 21.5. The number of methoxy groups -OCH3 is 4. The molecule has 0 saturated heterocycles. The third-order valence-corrected chi connectivity index (χ3v) is 9.05. The lowest BCUT2D eigenvalue weighted by Crippen LogP contribution is -2.35. The molecular formula is C37H60N4O6. The topological polar surface area (TPSA) is 147 Å². The molecule has 47 heavy (non-hydrogen) atoms. The van der Waals surface area contributed by atoms with Crippen LogP contribution in [0.3, 0.4) is 0 Å². The summed E-state index contributed by atoms with van der Waals surface area (Å²) >= 11 is 0. The van der Waals surface area contributed by atoms with Gasteiger partial charge in [0.2, 0.25) is 0 Å². The number of carbonyl (C=O) groups is 2. The second-order valence-corrected chi connectivity index (χ2v) is 14.8. The van der Waals surface area contributed by atoms with E-state index in [1.165, 1.54) is 41.3 Å².